The lowest BCUT2D eigenvalue weighted by atomic mass is 9.80. The minimum Gasteiger partial charge on any atom is -0.369 e. The molecule has 4 nitrogen and oxygen atoms in total. The predicted octanol–water partition coefficient (Wildman–Crippen LogP) is 3.91. The van der Waals surface area contributed by atoms with Crippen molar-refractivity contribution >= 4 is 11.5 Å². The van der Waals surface area contributed by atoms with E-state index in [9.17, 15) is 0 Å². The minimum atomic E-state index is -0.144. The molecule has 1 saturated heterocycles. The van der Waals surface area contributed by atoms with Crippen molar-refractivity contribution in [2.45, 2.75) is 78.0 Å². The average molecular weight is 311 g/mol. The molecule has 2 unspecified atom stereocenters. The van der Waals surface area contributed by atoms with Crippen LogP contribution < -0.4 is 5.32 Å². The molecule has 21 heavy (non-hydrogen) atoms. The first-order valence-corrected chi connectivity index (χ1v) is 8.71. The van der Waals surface area contributed by atoms with E-state index in [0.29, 0.717) is 11.8 Å². The fraction of sp³-hybridized carbons (Fsp3) is 0.875. The van der Waals surface area contributed by atoms with Crippen LogP contribution in [0.2, 0.25) is 0 Å². The Morgan fingerprint density at radius 1 is 1.33 bits per heavy atom. The maximum Gasteiger partial charge on any atom is 0.0829 e. The molecule has 5 heteroatoms. The van der Waals surface area contributed by atoms with Crippen LogP contribution in [-0.4, -0.2) is 27.3 Å². The Morgan fingerprint density at radius 2 is 2.00 bits per heavy atom. The molecule has 1 aliphatic rings. The van der Waals surface area contributed by atoms with E-state index in [4.69, 9.17) is 4.74 Å². The highest BCUT2D eigenvalue weighted by Crippen LogP contribution is 2.48. The second-order valence-electron chi connectivity index (χ2n) is 7.49. The third-order valence-corrected chi connectivity index (χ3v) is 5.16. The third kappa shape index (κ3) is 3.46. The van der Waals surface area contributed by atoms with Crippen LogP contribution in [0.5, 0.6) is 0 Å². The Labute approximate surface area is 132 Å². The number of hydrogen-bond acceptors (Lipinski definition) is 5. The summed E-state index contributed by atoms with van der Waals surface area (Å²) in [6.45, 7) is 16.3. The van der Waals surface area contributed by atoms with Gasteiger partial charge in [0.25, 0.3) is 0 Å². The number of nitrogens with zero attached hydrogens (tertiary/aromatic N) is 2. The molecule has 1 fully saturated rings. The summed E-state index contributed by atoms with van der Waals surface area (Å²) in [5.74, 6) is 0.825. The summed E-state index contributed by atoms with van der Waals surface area (Å²) in [6.07, 6.45) is 1.05. The van der Waals surface area contributed by atoms with E-state index in [2.05, 4.69) is 63.4 Å². The van der Waals surface area contributed by atoms with Gasteiger partial charge in [0, 0.05) is 5.92 Å². The first-order valence-electron chi connectivity index (χ1n) is 7.93. The van der Waals surface area contributed by atoms with Gasteiger partial charge in [-0.05, 0) is 58.1 Å². The van der Waals surface area contributed by atoms with Crippen LogP contribution in [0.25, 0.3) is 0 Å². The zero-order chi connectivity index (χ0) is 15.8. The Hall–Kier alpha value is -0.520. The summed E-state index contributed by atoms with van der Waals surface area (Å²) in [4.78, 5) is 1.28. The molecule has 0 aliphatic carbocycles. The summed E-state index contributed by atoms with van der Waals surface area (Å²) in [7, 11) is 0. The first kappa shape index (κ1) is 16.8. The predicted molar refractivity (Wildman–Crippen MR) is 87.8 cm³/mol. The summed E-state index contributed by atoms with van der Waals surface area (Å²) in [5, 5.41) is 8.03. The van der Waals surface area contributed by atoms with Gasteiger partial charge in [-0.2, -0.15) is 0 Å². The summed E-state index contributed by atoms with van der Waals surface area (Å²) in [6, 6.07) is 0.268. The molecule has 1 N–H and O–H groups in total. The number of ether oxygens (including phenoxy) is 1. The lowest BCUT2D eigenvalue weighted by Gasteiger charge is -2.33. The lowest BCUT2D eigenvalue weighted by Crippen LogP contribution is -2.38. The first-order chi connectivity index (χ1) is 9.68. The quantitative estimate of drug-likeness (QED) is 0.895. The zero-order valence-corrected chi connectivity index (χ0v) is 15.2. The second kappa shape index (κ2) is 5.94. The van der Waals surface area contributed by atoms with Crippen LogP contribution in [-0.2, 0) is 4.74 Å². The van der Waals surface area contributed by atoms with E-state index in [1.807, 2.05) is 0 Å². The Bertz CT molecular complexity index is 482. The molecule has 0 bridgehead atoms. The highest BCUT2D eigenvalue weighted by Gasteiger charge is 2.50. The topological polar surface area (TPSA) is 47.0 Å². The Kier molecular flexibility index (Phi) is 4.76. The molecule has 0 amide bonds. The van der Waals surface area contributed by atoms with Crippen LogP contribution in [0.15, 0.2) is 0 Å². The zero-order valence-electron chi connectivity index (χ0n) is 14.4. The van der Waals surface area contributed by atoms with Crippen LogP contribution in [0.4, 0.5) is 0 Å². The van der Waals surface area contributed by atoms with Gasteiger partial charge in [-0.25, -0.2) is 0 Å². The maximum absolute atomic E-state index is 6.30. The molecular weight excluding hydrogens is 282 g/mol. The smallest absolute Gasteiger partial charge is 0.0829 e. The largest absolute Gasteiger partial charge is 0.369 e. The SMILES string of the molecule is CCNC(c1snnc1C(C)C)C1CC(C)(C)OC1(C)C. The highest BCUT2D eigenvalue weighted by atomic mass is 32.1. The third-order valence-electron chi connectivity index (χ3n) is 4.34. The molecule has 2 rings (SSSR count). The molecule has 0 aromatic carbocycles. The van der Waals surface area contributed by atoms with Gasteiger partial charge in [0.15, 0.2) is 0 Å². The molecule has 2 atom stereocenters. The molecule has 1 aliphatic heterocycles. The standard InChI is InChI=1S/C16H29N3OS/c1-8-17-13(14-12(10(2)3)18-19-21-14)11-9-15(4,5)20-16(11,6)7/h10-11,13,17H,8-9H2,1-7H3. The van der Waals surface area contributed by atoms with Crippen molar-refractivity contribution < 1.29 is 4.74 Å². The van der Waals surface area contributed by atoms with Crippen molar-refractivity contribution in [1.82, 2.24) is 14.9 Å². The van der Waals surface area contributed by atoms with Gasteiger partial charge in [-0.3, -0.25) is 0 Å². The van der Waals surface area contributed by atoms with Crippen molar-refractivity contribution in [3.8, 4) is 0 Å². The van der Waals surface area contributed by atoms with E-state index in [1.54, 1.807) is 0 Å². The van der Waals surface area contributed by atoms with Crippen molar-refractivity contribution in [1.29, 1.82) is 0 Å². The van der Waals surface area contributed by atoms with Crippen molar-refractivity contribution in [2.24, 2.45) is 5.92 Å². The molecule has 0 spiro atoms. The van der Waals surface area contributed by atoms with Gasteiger partial charge in [-0.1, -0.05) is 25.3 Å². The summed E-state index contributed by atoms with van der Waals surface area (Å²) in [5.41, 5.74) is 0.915. The van der Waals surface area contributed by atoms with Crippen LogP contribution in [0, 0.1) is 5.92 Å². The van der Waals surface area contributed by atoms with E-state index < -0.39 is 0 Å². The van der Waals surface area contributed by atoms with E-state index in [0.717, 1.165) is 18.7 Å². The summed E-state index contributed by atoms with van der Waals surface area (Å²) < 4.78 is 10.5. The average Bonchev–Trinajstić information content (AvgIpc) is 2.88. The Morgan fingerprint density at radius 3 is 2.48 bits per heavy atom. The number of hydrogen-bond donors (Lipinski definition) is 1. The van der Waals surface area contributed by atoms with E-state index in [1.165, 1.54) is 16.4 Å². The molecule has 0 saturated carbocycles. The van der Waals surface area contributed by atoms with Crippen LogP contribution in [0.3, 0.4) is 0 Å². The number of nitrogens with one attached hydrogen (secondary N) is 1. The highest BCUT2D eigenvalue weighted by molar-refractivity contribution is 7.05. The molecular formula is C16H29N3OS. The van der Waals surface area contributed by atoms with Gasteiger partial charge < -0.3 is 10.1 Å². The monoisotopic (exact) mass is 311 g/mol. The second-order valence-corrected chi connectivity index (χ2v) is 8.27. The summed E-state index contributed by atoms with van der Waals surface area (Å²) >= 11 is 1.53. The Balaban J connectivity index is 2.37. The molecule has 120 valence electrons. The lowest BCUT2D eigenvalue weighted by molar-refractivity contribution is -0.0777. The molecule has 1 aromatic heterocycles. The maximum atomic E-state index is 6.30. The fourth-order valence-corrected chi connectivity index (χ4v) is 4.53. The van der Waals surface area contributed by atoms with Gasteiger partial charge in [0.2, 0.25) is 0 Å². The van der Waals surface area contributed by atoms with Crippen molar-refractivity contribution in [2.75, 3.05) is 6.54 Å². The van der Waals surface area contributed by atoms with E-state index in [-0.39, 0.29) is 17.2 Å². The van der Waals surface area contributed by atoms with Gasteiger partial charge in [-0.15, -0.1) is 5.10 Å². The van der Waals surface area contributed by atoms with Crippen LogP contribution in [0.1, 0.15) is 77.4 Å². The fourth-order valence-electron chi connectivity index (χ4n) is 3.58. The molecule has 1 aromatic rings. The van der Waals surface area contributed by atoms with Gasteiger partial charge in [0.05, 0.1) is 27.8 Å². The molecule has 0 radical (unpaired) electrons. The van der Waals surface area contributed by atoms with Crippen molar-refractivity contribution in [3.05, 3.63) is 10.6 Å². The van der Waals surface area contributed by atoms with Gasteiger partial charge in [0.1, 0.15) is 0 Å². The van der Waals surface area contributed by atoms with Gasteiger partial charge >= 0.3 is 0 Å². The normalized spacial score (nSPS) is 25.4. The van der Waals surface area contributed by atoms with E-state index >= 15 is 0 Å². The number of rotatable bonds is 5. The minimum absolute atomic E-state index is 0.0715. The molecule has 2 heterocycles. The van der Waals surface area contributed by atoms with Crippen LogP contribution >= 0.6 is 11.5 Å². The number of aromatic nitrogens is 2. The van der Waals surface area contributed by atoms with Crippen molar-refractivity contribution in [3.63, 3.8) is 0 Å².